The van der Waals surface area contributed by atoms with Crippen LogP contribution in [-0.4, -0.2) is 37.3 Å². The number of H-pyrrole nitrogens is 1. The van der Waals surface area contributed by atoms with Crippen LogP contribution in [-0.2, 0) is 14.6 Å². The maximum atomic E-state index is 11.9. The van der Waals surface area contributed by atoms with Gasteiger partial charge in [0.25, 0.3) is 0 Å². The number of hydrogen-bond acceptors (Lipinski definition) is 6. The standard InChI is InChI=1S/C18H15Cl2NO6S/c1-3-26-18(23)13-7-10-12(21-13)8-11(19)17(16(10)20)27-9-4-5-14(22)15(6-9)28(2,24)25/h4-8,21-22H,3H2,1-2H3. The van der Waals surface area contributed by atoms with Gasteiger partial charge in [-0.1, -0.05) is 23.2 Å². The zero-order chi connectivity index (χ0) is 20.6. The number of aromatic nitrogens is 1. The summed E-state index contributed by atoms with van der Waals surface area (Å²) in [6, 6.07) is 6.78. The summed E-state index contributed by atoms with van der Waals surface area (Å²) in [6.45, 7) is 1.92. The van der Waals surface area contributed by atoms with E-state index in [1.54, 1.807) is 6.92 Å². The molecule has 0 bridgehead atoms. The minimum absolute atomic E-state index is 0.0791. The number of carbonyl (C=O) groups excluding carboxylic acids is 1. The molecule has 0 aliphatic heterocycles. The van der Waals surface area contributed by atoms with Gasteiger partial charge in [-0.3, -0.25) is 0 Å². The number of fused-ring (bicyclic) bond motifs is 1. The fraction of sp³-hybridized carbons (Fsp3) is 0.167. The topological polar surface area (TPSA) is 106 Å². The second kappa shape index (κ2) is 7.54. The molecule has 148 valence electrons. The first kappa shape index (κ1) is 20.3. The summed E-state index contributed by atoms with van der Waals surface area (Å²) in [6.07, 6.45) is 0.967. The third-order valence-electron chi connectivity index (χ3n) is 3.82. The number of rotatable bonds is 5. The smallest absolute Gasteiger partial charge is 0.354 e. The molecule has 0 aliphatic carbocycles. The molecule has 28 heavy (non-hydrogen) atoms. The van der Waals surface area contributed by atoms with Crippen molar-refractivity contribution in [3.05, 3.63) is 46.1 Å². The molecule has 0 radical (unpaired) electrons. The van der Waals surface area contributed by atoms with Gasteiger partial charge >= 0.3 is 5.97 Å². The van der Waals surface area contributed by atoms with Gasteiger partial charge in [0.2, 0.25) is 0 Å². The summed E-state index contributed by atoms with van der Waals surface area (Å²) >= 11 is 12.7. The first-order chi connectivity index (χ1) is 13.1. The van der Waals surface area contributed by atoms with E-state index in [9.17, 15) is 18.3 Å². The van der Waals surface area contributed by atoms with Crippen LogP contribution >= 0.6 is 23.2 Å². The molecule has 10 heteroatoms. The number of aromatic hydroxyl groups is 1. The lowest BCUT2D eigenvalue weighted by Crippen LogP contribution is -2.04. The van der Waals surface area contributed by atoms with E-state index in [0.29, 0.717) is 10.9 Å². The lowest BCUT2D eigenvalue weighted by atomic mass is 10.2. The van der Waals surface area contributed by atoms with Crippen LogP contribution in [0.5, 0.6) is 17.2 Å². The van der Waals surface area contributed by atoms with E-state index in [0.717, 1.165) is 6.26 Å². The number of ether oxygens (including phenoxy) is 2. The molecule has 0 unspecified atom stereocenters. The van der Waals surface area contributed by atoms with E-state index < -0.39 is 21.6 Å². The number of carbonyl (C=O) groups is 1. The third-order valence-corrected chi connectivity index (χ3v) is 5.60. The fourth-order valence-corrected chi connectivity index (χ4v) is 3.94. The first-order valence-corrected chi connectivity index (χ1v) is 10.6. The highest BCUT2D eigenvalue weighted by atomic mass is 35.5. The van der Waals surface area contributed by atoms with Gasteiger partial charge < -0.3 is 19.6 Å². The molecular formula is C18H15Cl2NO6S. The van der Waals surface area contributed by atoms with Crippen LogP contribution in [0.1, 0.15) is 17.4 Å². The Kier molecular flexibility index (Phi) is 5.47. The van der Waals surface area contributed by atoms with E-state index in [-0.39, 0.29) is 38.7 Å². The Morgan fingerprint density at radius 2 is 1.93 bits per heavy atom. The zero-order valence-electron chi connectivity index (χ0n) is 14.7. The fourth-order valence-electron chi connectivity index (χ4n) is 2.57. The molecule has 7 nitrogen and oxygen atoms in total. The molecule has 0 amide bonds. The van der Waals surface area contributed by atoms with Crippen molar-refractivity contribution in [2.24, 2.45) is 0 Å². The molecule has 1 heterocycles. The SMILES string of the molecule is CCOC(=O)c1cc2c(Cl)c(Oc3ccc(O)c(S(C)(=O)=O)c3)c(Cl)cc2[nH]1. The Bertz CT molecular complexity index is 1190. The Hall–Kier alpha value is -2.42. The number of benzene rings is 2. The van der Waals surface area contributed by atoms with Crippen LogP contribution in [0.2, 0.25) is 10.0 Å². The van der Waals surface area contributed by atoms with Crippen LogP contribution < -0.4 is 4.74 Å². The summed E-state index contributed by atoms with van der Waals surface area (Å²) in [5, 5.41) is 10.5. The summed E-state index contributed by atoms with van der Waals surface area (Å²) in [5.74, 6) is -0.741. The van der Waals surface area contributed by atoms with E-state index >= 15 is 0 Å². The first-order valence-electron chi connectivity index (χ1n) is 8.00. The largest absolute Gasteiger partial charge is 0.507 e. The van der Waals surface area contributed by atoms with E-state index in [1.807, 2.05) is 0 Å². The predicted octanol–water partition coefficient (Wildman–Crippen LogP) is 4.55. The summed E-state index contributed by atoms with van der Waals surface area (Å²) in [5.41, 5.74) is 0.712. The molecule has 2 aromatic carbocycles. The second-order valence-corrected chi connectivity index (χ2v) is 8.64. The minimum Gasteiger partial charge on any atom is -0.507 e. The van der Waals surface area contributed by atoms with Crippen LogP contribution in [0.25, 0.3) is 10.9 Å². The van der Waals surface area contributed by atoms with Gasteiger partial charge in [-0.15, -0.1) is 0 Å². The maximum absolute atomic E-state index is 11.9. The van der Waals surface area contributed by atoms with Gasteiger partial charge in [0, 0.05) is 23.2 Å². The molecular weight excluding hydrogens is 429 g/mol. The zero-order valence-corrected chi connectivity index (χ0v) is 17.1. The Balaban J connectivity index is 2.06. The van der Waals surface area contributed by atoms with Crippen molar-refractivity contribution >= 4 is 49.9 Å². The Morgan fingerprint density at radius 1 is 1.21 bits per heavy atom. The van der Waals surface area contributed by atoms with Gasteiger partial charge in [0.15, 0.2) is 15.6 Å². The lowest BCUT2D eigenvalue weighted by molar-refractivity contribution is 0.0520. The Labute approximate surface area is 170 Å². The number of aromatic amines is 1. The van der Waals surface area contributed by atoms with Crippen molar-refractivity contribution in [3.63, 3.8) is 0 Å². The molecule has 3 aromatic rings. The number of nitrogens with one attached hydrogen (secondary N) is 1. The molecule has 0 atom stereocenters. The highest BCUT2D eigenvalue weighted by molar-refractivity contribution is 7.90. The van der Waals surface area contributed by atoms with Crippen LogP contribution in [0.15, 0.2) is 35.2 Å². The van der Waals surface area contributed by atoms with Gasteiger partial charge in [0.05, 0.1) is 16.7 Å². The average Bonchev–Trinajstić information content (AvgIpc) is 3.03. The van der Waals surface area contributed by atoms with E-state index in [1.165, 1.54) is 30.3 Å². The highest BCUT2D eigenvalue weighted by Gasteiger charge is 2.20. The molecule has 0 spiro atoms. The molecule has 2 N–H and O–H groups in total. The van der Waals surface area contributed by atoms with Crippen molar-refractivity contribution < 1.29 is 27.8 Å². The normalized spacial score (nSPS) is 11.6. The predicted molar refractivity (Wildman–Crippen MR) is 106 cm³/mol. The van der Waals surface area contributed by atoms with E-state index in [4.69, 9.17) is 32.7 Å². The van der Waals surface area contributed by atoms with Crippen LogP contribution in [0, 0.1) is 0 Å². The number of phenols is 1. The van der Waals surface area contributed by atoms with Crippen LogP contribution in [0.4, 0.5) is 0 Å². The number of esters is 1. The van der Waals surface area contributed by atoms with Gasteiger partial charge in [-0.25, -0.2) is 13.2 Å². The quantitative estimate of drug-likeness (QED) is 0.560. The minimum atomic E-state index is -3.67. The molecule has 3 rings (SSSR count). The number of sulfone groups is 1. The van der Waals surface area contributed by atoms with Crippen molar-refractivity contribution in [1.29, 1.82) is 0 Å². The van der Waals surface area contributed by atoms with Crippen molar-refractivity contribution in [3.8, 4) is 17.2 Å². The van der Waals surface area contributed by atoms with Gasteiger partial charge in [0.1, 0.15) is 22.1 Å². The Morgan fingerprint density at radius 3 is 2.57 bits per heavy atom. The maximum Gasteiger partial charge on any atom is 0.354 e. The summed E-state index contributed by atoms with van der Waals surface area (Å²) in [7, 11) is -3.67. The number of phenolic OH excluding ortho intramolecular Hbond substituents is 1. The molecule has 0 saturated carbocycles. The monoisotopic (exact) mass is 443 g/mol. The number of hydrogen-bond donors (Lipinski definition) is 2. The van der Waals surface area contributed by atoms with Crippen LogP contribution in [0.3, 0.4) is 0 Å². The molecule has 0 saturated heterocycles. The second-order valence-electron chi connectivity index (χ2n) is 5.87. The molecule has 0 aliphatic rings. The van der Waals surface area contributed by atoms with Gasteiger partial charge in [-0.05, 0) is 31.2 Å². The summed E-state index contributed by atoms with van der Waals surface area (Å²) < 4.78 is 34.2. The number of halogens is 2. The summed E-state index contributed by atoms with van der Waals surface area (Å²) in [4.78, 5) is 14.5. The average molecular weight is 444 g/mol. The van der Waals surface area contributed by atoms with Crippen molar-refractivity contribution in [2.75, 3.05) is 12.9 Å². The molecule has 0 fully saturated rings. The molecule has 1 aromatic heterocycles. The van der Waals surface area contributed by atoms with E-state index in [2.05, 4.69) is 4.98 Å². The third kappa shape index (κ3) is 3.89. The lowest BCUT2D eigenvalue weighted by Gasteiger charge is -2.12. The van der Waals surface area contributed by atoms with Crippen molar-refractivity contribution in [2.45, 2.75) is 11.8 Å². The van der Waals surface area contributed by atoms with Crippen molar-refractivity contribution in [1.82, 2.24) is 4.98 Å². The van der Waals surface area contributed by atoms with Gasteiger partial charge in [-0.2, -0.15) is 0 Å². The highest BCUT2D eigenvalue weighted by Crippen LogP contribution is 2.42.